The molecule has 0 spiro atoms. The lowest BCUT2D eigenvalue weighted by molar-refractivity contribution is -0.117. The van der Waals surface area contributed by atoms with E-state index in [4.69, 9.17) is 9.72 Å². The SMILES string of the molecule is CC.CCS(C)(C)CCOCCC1C(C)=Cc2cc(C(=O)Nc3cc(NC(=O)CN4CCC[C@@H]4C)cnc3C)cnc2C1C.[HH].[HH]. The summed E-state index contributed by atoms with van der Waals surface area (Å²) >= 11 is 0. The Kier molecular flexibility index (Phi) is 13.4. The van der Waals surface area contributed by atoms with Gasteiger partial charge in [0, 0.05) is 33.4 Å². The molecule has 1 aliphatic heterocycles. The lowest BCUT2D eigenvalue weighted by atomic mass is 9.77. The molecule has 0 saturated carbocycles. The fraction of sp³-hybridized carbons (Fsp3) is 0.600. The van der Waals surface area contributed by atoms with Crippen LogP contribution in [0.1, 0.15) is 96.9 Å². The first-order chi connectivity index (χ1) is 21.0. The zero-order chi connectivity index (χ0) is 32.4. The van der Waals surface area contributed by atoms with Crippen LogP contribution in [-0.4, -0.2) is 83.0 Å². The Bertz CT molecular complexity index is 1320. The van der Waals surface area contributed by atoms with Gasteiger partial charge in [0.1, 0.15) is 0 Å². The van der Waals surface area contributed by atoms with Crippen LogP contribution in [0, 0.1) is 12.8 Å². The lowest BCUT2D eigenvalue weighted by Gasteiger charge is -2.31. The zero-order valence-corrected chi connectivity index (χ0v) is 29.3. The van der Waals surface area contributed by atoms with Crippen LogP contribution in [0.5, 0.6) is 0 Å². The Balaban J connectivity index is 0.00000259. The van der Waals surface area contributed by atoms with Crippen molar-refractivity contribution in [1.82, 2.24) is 14.9 Å². The maximum Gasteiger partial charge on any atom is 0.257 e. The van der Waals surface area contributed by atoms with Crippen molar-refractivity contribution in [3.63, 3.8) is 0 Å². The van der Waals surface area contributed by atoms with Gasteiger partial charge >= 0.3 is 0 Å². The van der Waals surface area contributed by atoms with Gasteiger partial charge in [0.25, 0.3) is 5.91 Å². The fourth-order valence-electron chi connectivity index (χ4n) is 5.80. The highest BCUT2D eigenvalue weighted by atomic mass is 32.3. The molecule has 2 unspecified atom stereocenters. The molecule has 3 heterocycles. The number of allylic oxidation sites excluding steroid dienone is 1. The van der Waals surface area contributed by atoms with E-state index in [1.807, 2.05) is 26.8 Å². The number of hydrogen-bond donors (Lipinski definition) is 2. The number of carbonyl (C=O) groups is 2. The third-order valence-electron chi connectivity index (χ3n) is 9.01. The summed E-state index contributed by atoms with van der Waals surface area (Å²) in [5.41, 5.74) is 5.60. The van der Waals surface area contributed by atoms with Crippen molar-refractivity contribution in [1.29, 1.82) is 0 Å². The molecule has 1 fully saturated rings. The minimum Gasteiger partial charge on any atom is -0.381 e. The van der Waals surface area contributed by atoms with Crippen molar-refractivity contribution in [3.05, 3.63) is 52.6 Å². The van der Waals surface area contributed by atoms with Gasteiger partial charge in [0.15, 0.2) is 0 Å². The summed E-state index contributed by atoms with van der Waals surface area (Å²) < 4.78 is 6.03. The first-order valence-corrected chi connectivity index (χ1v) is 19.0. The minimum absolute atomic E-state index is 0. The molecule has 44 heavy (non-hydrogen) atoms. The number of ether oxygens (including phenoxy) is 1. The summed E-state index contributed by atoms with van der Waals surface area (Å²) in [5, 5.41) is 5.91. The van der Waals surface area contributed by atoms with E-state index in [0.29, 0.717) is 41.1 Å². The third kappa shape index (κ3) is 9.62. The minimum atomic E-state index is -0.534. The Morgan fingerprint density at radius 1 is 1.09 bits per heavy atom. The molecular formula is C35H59N5O3S. The van der Waals surface area contributed by atoms with E-state index in [0.717, 1.165) is 56.0 Å². The average molecular weight is 630 g/mol. The van der Waals surface area contributed by atoms with E-state index >= 15 is 0 Å². The van der Waals surface area contributed by atoms with Gasteiger partial charge in [-0.2, -0.15) is 0 Å². The van der Waals surface area contributed by atoms with Crippen molar-refractivity contribution in [2.75, 3.05) is 61.0 Å². The molecule has 8 nitrogen and oxygen atoms in total. The van der Waals surface area contributed by atoms with E-state index in [9.17, 15) is 9.59 Å². The summed E-state index contributed by atoms with van der Waals surface area (Å²) in [5.74, 6) is 2.68. The van der Waals surface area contributed by atoms with E-state index in [1.165, 1.54) is 11.3 Å². The van der Waals surface area contributed by atoms with Crippen molar-refractivity contribution in [2.24, 2.45) is 5.92 Å². The number of rotatable bonds is 12. The summed E-state index contributed by atoms with van der Waals surface area (Å²) in [6.07, 6.45) is 13.4. The number of likely N-dealkylation sites (tertiary alicyclic amines) is 1. The van der Waals surface area contributed by atoms with E-state index < -0.39 is 10.0 Å². The number of aromatic nitrogens is 2. The van der Waals surface area contributed by atoms with Crippen LogP contribution in [0.15, 0.2) is 30.1 Å². The Morgan fingerprint density at radius 3 is 2.52 bits per heavy atom. The molecule has 9 heteroatoms. The monoisotopic (exact) mass is 629 g/mol. The molecule has 2 N–H and O–H groups in total. The van der Waals surface area contributed by atoms with Crippen molar-refractivity contribution in [2.45, 2.75) is 79.7 Å². The fourth-order valence-corrected chi connectivity index (χ4v) is 6.66. The maximum absolute atomic E-state index is 13.3. The van der Waals surface area contributed by atoms with Gasteiger partial charge in [-0.1, -0.05) is 39.3 Å². The number of hydrogen-bond acceptors (Lipinski definition) is 6. The molecule has 0 bridgehead atoms. The van der Waals surface area contributed by atoms with Gasteiger partial charge in [-0.25, -0.2) is 10.0 Å². The molecule has 2 amide bonds. The lowest BCUT2D eigenvalue weighted by Crippen LogP contribution is -2.35. The quantitative estimate of drug-likeness (QED) is 0.235. The van der Waals surface area contributed by atoms with Crippen LogP contribution < -0.4 is 10.6 Å². The van der Waals surface area contributed by atoms with Crippen LogP contribution in [0.25, 0.3) is 6.08 Å². The number of aryl methyl sites for hydroxylation is 1. The van der Waals surface area contributed by atoms with Gasteiger partial charge in [0.2, 0.25) is 5.91 Å². The standard InChI is InChI=1S/C33H49N5O3S.C2H6.2H2/c1-8-42(6,7)15-14-41-13-11-29-22(2)16-26-17-27(19-35-32(26)24(29)4)33(40)37-30-18-28(20-34-25(30)5)36-31(39)21-38-12-9-10-23(38)3;1-2;;/h16-20,23-24,29H,8-15,21H2,1-7H3,(H,36,39)(H,37,40);1-2H3;2*1H/t23-,24?,29?;;;/m0.../s1. The molecule has 2 aliphatic rings. The summed E-state index contributed by atoms with van der Waals surface area (Å²) in [7, 11) is -0.534. The number of nitrogens with one attached hydrogen (secondary N) is 2. The number of carbonyl (C=O) groups excluding carboxylic acids is 2. The van der Waals surface area contributed by atoms with E-state index in [1.54, 1.807) is 18.5 Å². The van der Waals surface area contributed by atoms with Crippen LogP contribution in [0.4, 0.5) is 11.4 Å². The van der Waals surface area contributed by atoms with Crippen LogP contribution in [-0.2, 0) is 9.53 Å². The van der Waals surface area contributed by atoms with Gasteiger partial charge in [-0.3, -0.25) is 24.5 Å². The highest BCUT2D eigenvalue weighted by molar-refractivity contribution is 8.32. The van der Waals surface area contributed by atoms with Crippen molar-refractivity contribution < 1.29 is 17.2 Å². The van der Waals surface area contributed by atoms with E-state index in [-0.39, 0.29) is 20.6 Å². The van der Waals surface area contributed by atoms with E-state index in [2.05, 4.69) is 66.8 Å². The van der Waals surface area contributed by atoms with Crippen LogP contribution in [0.3, 0.4) is 0 Å². The Morgan fingerprint density at radius 2 is 1.84 bits per heavy atom. The van der Waals surface area contributed by atoms with Gasteiger partial charge in [-0.05, 0) is 88.5 Å². The van der Waals surface area contributed by atoms with Crippen LogP contribution in [0.2, 0.25) is 0 Å². The molecule has 1 saturated heterocycles. The topological polar surface area (TPSA) is 96.5 Å². The molecule has 2 aromatic heterocycles. The number of pyridine rings is 2. The molecule has 1 aliphatic carbocycles. The highest BCUT2D eigenvalue weighted by Crippen LogP contribution is 2.40. The summed E-state index contributed by atoms with van der Waals surface area (Å²) in [6, 6.07) is 4.11. The predicted molar refractivity (Wildman–Crippen MR) is 191 cm³/mol. The average Bonchev–Trinajstić information content (AvgIpc) is 3.40. The molecular weight excluding hydrogens is 570 g/mol. The zero-order valence-electron chi connectivity index (χ0n) is 28.5. The molecule has 4 rings (SSSR count). The number of amides is 2. The Labute approximate surface area is 270 Å². The third-order valence-corrected chi connectivity index (χ3v) is 11.8. The number of anilines is 2. The van der Waals surface area contributed by atoms with Crippen LogP contribution >= 0.6 is 10.0 Å². The summed E-state index contributed by atoms with van der Waals surface area (Å²) in [6.45, 7) is 17.5. The first kappa shape index (κ1) is 35.7. The second-order valence-electron chi connectivity index (χ2n) is 12.5. The number of nitrogens with zero attached hydrogens (tertiary/aromatic N) is 3. The van der Waals surface area contributed by atoms with Gasteiger partial charge < -0.3 is 15.4 Å². The number of fused-ring (bicyclic) bond motifs is 1. The van der Waals surface area contributed by atoms with Gasteiger partial charge in [-0.15, -0.1) is 0 Å². The second kappa shape index (κ2) is 16.5. The largest absolute Gasteiger partial charge is 0.381 e. The molecule has 0 radical (unpaired) electrons. The van der Waals surface area contributed by atoms with Crippen molar-refractivity contribution in [3.8, 4) is 0 Å². The molecule has 248 valence electrons. The normalized spacial score (nSPS) is 20.2. The smallest absolute Gasteiger partial charge is 0.257 e. The molecule has 2 aromatic rings. The molecule has 0 aromatic carbocycles. The maximum atomic E-state index is 13.3. The Hall–Kier alpha value is -2.75. The van der Waals surface area contributed by atoms with Gasteiger partial charge in [0.05, 0.1) is 47.7 Å². The summed E-state index contributed by atoms with van der Waals surface area (Å²) in [4.78, 5) is 37.2. The molecule has 3 atom stereocenters. The predicted octanol–water partition coefficient (Wildman–Crippen LogP) is 7.61. The highest BCUT2D eigenvalue weighted by Gasteiger charge is 2.28. The first-order valence-electron chi connectivity index (χ1n) is 16.2. The second-order valence-corrected chi connectivity index (χ2v) is 17.0. The van der Waals surface area contributed by atoms with Crippen molar-refractivity contribution >= 4 is 39.3 Å².